The Bertz CT molecular complexity index is 1450. The Balaban J connectivity index is 0.000000250. The van der Waals surface area contributed by atoms with Crippen LogP contribution in [0.25, 0.3) is 0 Å². The number of rotatable bonds is 8. The predicted octanol–water partition coefficient (Wildman–Crippen LogP) is 1.29. The number of hydrogen-bond donors (Lipinski definition) is 2. The molecule has 0 radical (unpaired) electrons. The second-order valence-corrected chi connectivity index (χ2v) is 10.7. The molecule has 2 aliphatic rings. The van der Waals surface area contributed by atoms with E-state index in [1.165, 1.54) is 52.2 Å². The highest BCUT2D eigenvalue weighted by molar-refractivity contribution is 5.67. The van der Waals surface area contributed by atoms with Gasteiger partial charge in [-0.2, -0.15) is 0 Å². The Morgan fingerprint density at radius 1 is 0.696 bits per heavy atom. The molecule has 2 N–H and O–H groups in total. The maximum Gasteiger partial charge on any atom is 0.303 e. The summed E-state index contributed by atoms with van der Waals surface area (Å²) in [6.45, 7) is 8.19. The van der Waals surface area contributed by atoms with E-state index in [0.29, 0.717) is 24.2 Å². The van der Waals surface area contributed by atoms with E-state index in [4.69, 9.17) is 28.4 Å². The van der Waals surface area contributed by atoms with E-state index in [9.17, 15) is 39.0 Å². The maximum absolute atomic E-state index is 11.4. The minimum absolute atomic E-state index is 0.0466. The normalized spacial score (nSPS) is 23.5. The first-order valence-corrected chi connectivity index (χ1v) is 14.3. The van der Waals surface area contributed by atoms with Crippen LogP contribution in [0.15, 0.2) is 34.1 Å². The van der Waals surface area contributed by atoms with Crippen molar-refractivity contribution in [2.24, 2.45) is 0 Å². The summed E-state index contributed by atoms with van der Waals surface area (Å²) in [6.07, 6.45) is 0.127. The molecule has 2 fully saturated rings. The average Bonchev–Trinajstić information content (AvgIpc) is 3.55. The van der Waals surface area contributed by atoms with Crippen LogP contribution in [0, 0.1) is 13.8 Å². The van der Waals surface area contributed by atoms with Crippen molar-refractivity contribution in [1.29, 1.82) is 0 Å². The van der Waals surface area contributed by atoms with Crippen molar-refractivity contribution in [1.82, 2.24) is 9.13 Å². The monoisotopic (exact) mass is 650 g/mol. The molecule has 0 unspecified atom stereocenters. The molecule has 16 nitrogen and oxygen atoms in total. The summed E-state index contributed by atoms with van der Waals surface area (Å²) in [6, 6.07) is 2.46. The van der Waals surface area contributed by atoms with Gasteiger partial charge in [0.05, 0.1) is 11.4 Å². The molecule has 4 rings (SSSR count). The SMILES string of the molecule is CC(=O)OC[C@H]1O[C@@H](n2ccc(=O)c(O)c2C)C[C@@H]1OC(C)=O.CC(=O)OC[C@H]1O[C@@H](n2ccc(=O)c(O)c2C)C[C@@H]1OC(C)=O. The van der Waals surface area contributed by atoms with Crippen LogP contribution in [0.3, 0.4) is 0 Å². The van der Waals surface area contributed by atoms with Crippen LogP contribution in [0.2, 0.25) is 0 Å². The minimum Gasteiger partial charge on any atom is -0.503 e. The Morgan fingerprint density at radius 3 is 1.35 bits per heavy atom. The minimum atomic E-state index is -0.617. The number of nitrogens with zero attached hydrogens (tertiary/aromatic N) is 2. The third kappa shape index (κ3) is 9.17. The fourth-order valence-electron chi connectivity index (χ4n) is 5.02. The summed E-state index contributed by atoms with van der Waals surface area (Å²) >= 11 is 0. The number of carbonyl (C=O) groups is 4. The zero-order valence-corrected chi connectivity index (χ0v) is 26.3. The van der Waals surface area contributed by atoms with Gasteiger partial charge in [0, 0.05) is 65.1 Å². The maximum atomic E-state index is 11.4. The van der Waals surface area contributed by atoms with Crippen molar-refractivity contribution in [3.8, 4) is 11.5 Å². The number of aromatic hydroxyl groups is 2. The molecule has 2 aromatic rings. The molecule has 46 heavy (non-hydrogen) atoms. The van der Waals surface area contributed by atoms with E-state index in [1.54, 1.807) is 23.0 Å². The molecule has 0 aromatic carbocycles. The largest absolute Gasteiger partial charge is 0.503 e. The van der Waals surface area contributed by atoms with Gasteiger partial charge in [-0.25, -0.2) is 0 Å². The standard InChI is InChI=1S/2C15H19NO7/c2*1-8-15(20)11(19)4-5-16(8)14-6-12(22-10(3)18)13(23-14)7-21-9(2)17/h2*4-5,12-14,20H,6-7H2,1-3H3/t2*12-,13+,14+/m00/s1. The molecule has 16 heteroatoms. The number of pyridine rings is 2. The van der Waals surface area contributed by atoms with Gasteiger partial charge in [0.15, 0.2) is 11.5 Å². The summed E-state index contributed by atoms with van der Waals surface area (Å²) in [4.78, 5) is 67.2. The van der Waals surface area contributed by atoms with Crippen molar-refractivity contribution in [3.05, 3.63) is 56.4 Å². The number of carbonyl (C=O) groups excluding carboxylic acids is 4. The molecule has 2 saturated heterocycles. The van der Waals surface area contributed by atoms with Gasteiger partial charge in [-0.1, -0.05) is 0 Å². The topological polar surface area (TPSA) is 208 Å². The lowest BCUT2D eigenvalue weighted by Gasteiger charge is -2.19. The van der Waals surface area contributed by atoms with Crippen molar-refractivity contribution >= 4 is 23.9 Å². The summed E-state index contributed by atoms with van der Waals surface area (Å²) in [7, 11) is 0. The van der Waals surface area contributed by atoms with Crippen LogP contribution in [-0.2, 0) is 47.6 Å². The van der Waals surface area contributed by atoms with E-state index in [0.717, 1.165) is 0 Å². The lowest BCUT2D eigenvalue weighted by Crippen LogP contribution is -2.31. The van der Waals surface area contributed by atoms with Crippen LogP contribution in [0.1, 0.15) is 64.4 Å². The van der Waals surface area contributed by atoms with Gasteiger partial charge < -0.3 is 47.8 Å². The lowest BCUT2D eigenvalue weighted by molar-refractivity contribution is -0.157. The molecular formula is C30H38N2O14. The zero-order valence-electron chi connectivity index (χ0n) is 26.3. The van der Waals surface area contributed by atoms with Crippen LogP contribution in [0.5, 0.6) is 11.5 Å². The Morgan fingerprint density at radius 2 is 1.04 bits per heavy atom. The highest BCUT2D eigenvalue weighted by atomic mass is 16.6. The molecular weight excluding hydrogens is 612 g/mol. The van der Waals surface area contributed by atoms with Crippen LogP contribution in [0.4, 0.5) is 0 Å². The lowest BCUT2D eigenvalue weighted by atomic mass is 10.2. The van der Waals surface area contributed by atoms with Gasteiger partial charge in [0.25, 0.3) is 0 Å². The predicted molar refractivity (Wildman–Crippen MR) is 156 cm³/mol. The number of hydrogen-bond acceptors (Lipinski definition) is 14. The van der Waals surface area contributed by atoms with Crippen LogP contribution < -0.4 is 10.9 Å². The molecule has 4 heterocycles. The Labute approximate surface area is 263 Å². The molecule has 0 saturated carbocycles. The number of aromatic nitrogens is 2. The first-order chi connectivity index (χ1) is 21.6. The van der Waals surface area contributed by atoms with Crippen molar-refractivity contribution in [2.45, 2.75) is 91.3 Å². The highest BCUT2D eigenvalue weighted by Crippen LogP contribution is 2.34. The molecule has 2 aliphatic heterocycles. The third-order valence-corrected chi connectivity index (χ3v) is 7.22. The fraction of sp³-hybridized carbons (Fsp3) is 0.533. The van der Waals surface area contributed by atoms with Crippen LogP contribution in [-0.4, -0.2) is 80.9 Å². The Hall–Kier alpha value is -4.70. The van der Waals surface area contributed by atoms with E-state index in [2.05, 4.69) is 0 Å². The first kappa shape index (κ1) is 35.8. The quantitative estimate of drug-likeness (QED) is 0.305. The smallest absolute Gasteiger partial charge is 0.303 e. The van der Waals surface area contributed by atoms with E-state index < -0.39 is 71.6 Å². The summed E-state index contributed by atoms with van der Waals surface area (Å²) < 4.78 is 35.0. The van der Waals surface area contributed by atoms with Gasteiger partial charge in [-0.05, 0) is 13.8 Å². The summed E-state index contributed by atoms with van der Waals surface area (Å²) in [5.41, 5.74) is -0.274. The summed E-state index contributed by atoms with van der Waals surface area (Å²) in [5, 5.41) is 19.5. The van der Waals surface area contributed by atoms with Gasteiger partial charge in [0.2, 0.25) is 10.9 Å². The molecule has 0 amide bonds. The summed E-state index contributed by atoms with van der Waals surface area (Å²) in [5.74, 6) is -2.57. The molecule has 2 aromatic heterocycles. The van der Waals surface area contributed by atoms with Gasteiger partial charge in [-0.3, -0.25) is 28.8 Å². The van der Waals surface area contributed by atoms with E-state index in [-0.39, 0.29) is 24.7 Å². The molecule has 0 spiro atoms. The average molecular weight is 651 g/mol. The molecule has 0 bridgehead atoms. The van der Waals surface area contributed by atoms with Crippen LogP contribution >= 0.6 is 0 Å². The molecule has 6 atom stereocenters. The second kappa shape index (κ2) is 15.5. The molecule has 0 aliphatic carbocycles. The fourth-order valence-corrected chi connectivity index (χ4v) is 5.02. The van der Waals surface area contributed by atoms with Crippen molar-refractivity contribution in [2.75, 3.05) is 13.2 Å². The van der Waals surface area contributed by atoms with Crippen molar-refractivity contribution < 1.29 is 57.8 Å². The second-order valence-electron chi connectivity index (χ2n) is 10.7. The first-order valence-electron chi connectivity index (χ1n) is 14.3. The number of ether oxygens (including phenoxy) is 6. The Kier molecular flexibility index (Phi) is 12.1. The van der Waals surface area contributed by atoms with Gasteiger partial charge in [0.1, 0.15) is 50.1 Å². The van der Waals surface area contributed by atoms with E-state index >= 15 is 0 Å². The van der Waals surface area contributed by atoms with Gasteiger partial charge in [-0.15, -0.1) is 0 Å². The zero-order chi connectivity index (χ0) is 34.3. The highest BCUT2D eigenvalue weighted by Gasteiger charge is 2.40. The van der Waals surface area contributed by atoms with Crippen molar-refractivity contribution in [3.63, 3.8) is 0 Å². The number of esters is 4. The van der Waals surface area contributed by atoms with E-state index in [1.807, 2.05) is 0 Å². The molecule has 252 valence electrons. The van der Waals surface area contributed by atoms with Gasteiger partial charge >= 0.3 is 23.9 Å². The third-order valence-electron chi connectivity index (χ3n) is 7.22.